The van der Waals surface area contributed by atoms with E-state index >= 15 is 0 Å². The largest absolute Gasteiger partial charge is 0.472 e. The molecule has 0 fully saturated rings. The van der Waals surface area contributed by atoms with Crippen LogP contribution in [-0.2, 0) is 18.4 Å². The number of phosphoric acid groups is 1. The van der Waals surface area contributed by atoms with Gasteiger partial charge in [-0.3, -0.25) is 13.8 Å². The number of amides is 1. The molecule has 0 aromatic heterocycles. The first-order chi connectivity index (χ1) is 35.5. The van der Waals surface area contributed by atoms with Gasteiger partial charge in [-0.05, 0) is 109 Å². The van der Waals surface area contributed by atoms with Gasteiger partial charge in [-0.2, -0.15) is 0 Å². The lowest BCUT2D eigenvalue weighted by Crippen LogP contribution is -2.45. The van der Waals surface area contributed by atoms with Crippen LogP contribution in [0.15, 0.2) is 134 Å². The van der Waals surface area contributed by atoms with Crippen LogP contribution in [0.3, 0.4) is 0 Å². The summed E-state index contributed by atoms with van der Waals surface area (Å²) in [6, 6.07) is -0.895. The van der Waals surface area contributed by atoms with Gasteiger partial charge in [0.25, 0.3) is 0 Å². The number of carbonyl (C=O) groups excluding carboxylic acids is 1. The van der Waals surface area contributed by atoms with Crippen molar-refractivity contribution in [1.82, 2.24) is 5.32 Å². The minimum Gasteiger partial charge on any atom is -0.387 e. The summed E-state index contributed by atoms with van der Waals surface area (Å²) < 4.78 is 23.7. The fraction of sp³-hybridized carbons (Fsp3) is 0.641. The number of unbranched alkanes of at least 4 members (excludes halogenated alkanes) is 18. The van der Waals surface area contributed by atoms with Crippen molar-refractivity contribution in [2.24, 2.45) is 0 Å². The second-order valence-electron chi connectivity index (χ2n) is 20.3. The Morgan fingerprint density at radius 3 is 1.26 bits per heavy atom. The molecule has 8 nitrogen and oxygen atoms in total. The molecule has 3 atom stereocenters. The number of nitrogens with one attached hydrogen (secondary N) is 1. The zero-order valence-corrected chi connectivity index (χ0v) is 48.2. The molecule has 0 radical (unpaired) electrons. The number of likely N-dealkylation sites (N-methyl/N-ethyl adjacent to an activating group) is 1. The van der Waals surface area contributed by atoms with Crippen molar-refractivity contribution in [3.05, 3.63) is 134 Å². The molecule has 0 rings (SSSR count). The van der Waals surface area contributed by atoms with E-state index in [1.807, 2.05) is 27.2 Å². The molecule has 3 unspecified atom stereocenters. The summed E-state index contributed by atoms with van der Waals surface area (Å²) in [5, 5.41) is 13.9. The van der Waals surface area contributed by atoms with Crippen molar-refractivity contribution in [2.45, 2.75) is 225 Å². The molecule has 9 heteroatoms. The van der Waals surface area contributed by atoms with Crippen LogP contribution >= 0.6 is 7.82 Å². The molecule has 0 aromatic rings. The van der Waals surface area contributed by atoms with E-state index in [1.54, 1.807) is 6.08 Å². The number of rotatable bonds is 51. The third-order valence-corrected chi connectivity index (χ3v) is 13.1. The van der Waals surface area contributed by atoms with Crippen LogP contribution < -0.4 is 5.32 Å². The van der Waals surface area contributed by atoms with E-state index in [9.17, 15) is 19.4 Å². The van der Waals surface area contributed by atoms with Crippen LogP contribution in [0.5, 0.6) is 0 Å². The standard InChI is InChI=1S/C64H109N2O6P/c1-6-8-10-12-14-16-18-20-22-24-26-28-30-31-32-33-34-35-36-38-40-42-44-46-48-50-52-54-56-58-64(68)65-62(61-72-73(69,70)71-60-59-66(3,4)5)63(67)57-55-53-51-49-47-45-43-41-39-37-29-27-25-23-21-19-17-15-13-11-9-7-2/h8,10,14,16,20,22,26,28,31-32,34-35,38-41,44,46-47,49,55,57,62-63,67H,6-7,9,11-13,15,17-19,21,23-25,27,29-30,33,36-37,42-43,45,48,50-54,56,58-61H2,1-5H3,(H-,65,68,69,70)/p+1/b10-8-,16-14-,22-20-,28-26-,32-31-,35-34-,40-38-,41-39+,46-44-,49-47+,57-55+. The minimum absolute atomic E-state index is 0.0403. The molecular weight excluding hydrogens is 924 g/mol. The summed E-state index contributed by atoms with van der Waals surface area (Å²) in [7, 11) is 1.51. The Hall–Kier alpha value is -3.36. The van der Waals surface area contributed by atoms with E-state index in [0.29, 0.717) is 17.4 Å². The average Bonchev–Trinajstić information content (AvgIpc) is 3.35. The molecule has 416 valence electrons. The highest BCUT2D eigenvalue weighted by Gasteiger charge is 2.27. The van der Waals surface area contributed by atoms with Gasteiger partial charge < -0.3 is 19.8 Å². The Labute approximate surface area is 449 Å². The molecule has 0 saturated heterocycles. The molecule has 0 aliphatic carbocycles. The molecule has 0 aromatic carbocycles. The Morgan fingerprint density at radius 2 is 0.836 bits per heavy atom. The number of carbonyl (C=O) groups is 1. The van der Waals surface area contributed by atoms with Crippen molar-refractivity contribution in [3.63, 3.8) is 0 Å². The van der Waals surface area contributed by atoms with Gasteiger partial charge in [0.15, 0.2) is 0 Å². The monoisotopic (exact) mass is 1030 g/mol. The quantitative estimate of drug-likeness (QED) is 0.0243. The molecule has 0 spiro atoms. The van der Waals surface area contributed by atoms with E-state index in [1.165, 1.54) is 83.5 Å². The number of aliphatic hydroxyl groups is 1. The van der Waals surface area contributed by atoms with Gasteiger partial charge in [0.1, 0.15) is 13.2 Å². The lowest BCUT2D eigenvalue weighted by Gasteiger charge is -2.25. The van der Waals surface area contributed by atoms with Gasteiger partial charge >= 0.3 is 7.82 Å². The number of quaternary nitrogens is 1. The second kappa shape index (κ2) is 53.5. The van der Waals surface area contributed by atoms with E-state index in [4.69, 9.17) is 9.05 Å². The van der Waals surface area contributed by atoms with Crippen molar-refractivity contribution in [3.8, 4) is 0 Å². The third-order valence-electron chi connectivity index (χ3n) is 12.1. The molecule has 1 amide bonds. The third kappa shape index (κ3) is 56.2. The van der Waals surface area contributed by atoms with Crippen molar-refractivity contribution < 1.29 is 32.9 Å². The molecule has 0 heterocycles. The van der Waals surface area contributed by atoms with Crippen LogP contribution in [0.2, 0.25) is 0 Å². The van der Waals surface area contributed by atoms with Crippen LogP contribution in [0.25, 0.3) is 0 Å². The summed E-state index contributed by atoms with van der Waals surface area (Å²) in [6.07, 6.45) is 81.3. The van der Waals surface area contributed by atoms with E-state index in [2.05, 4.69) is 141 Å². The Kier molecular flexibility index (Phi) is 51.0. The Bertz CT molecular complexity index is 1640. The first-order valence-corrected chi connectivity index (χ1v) is 30.6. The highest BCUT2D eigenvalue weighted by molar-refractivity contribution is 7.47. The van der Waals surface area contributed by atoms with Crippen LogP contribution in [0.4, 0.5) is 0 Å². The highest BCUT2D eigenvalue weighted by atomic mass is 31.2. The minimum atomic E-state index is -4.38. The summed E-state index contributed by atoms with van der Waals surface area (Å²) >= 11 is 0. The SMILES string of the molecule is CC/C=C\C/C=C\C/C=C\C/C=C\C/C=C\C/C=C\C/C=C\C/C=C\CCCCCCC(=O)NC(COP(=O)(O)OCC[N+](C)(C)C)C(O)/C=C/CC/C=C/CC/C=C/CCCCCCCCCCCCCC. The summed E-state index contributed by atoms with van der Waals surface area (Å²) in [4.78, 5) is 23.3. The number of hydrogen-bond acceptors (Lipinski definition) is 5. The van der Waals surface area contributed by atoms with Gasteiger partial charge in [0.2, 0.25) is 5.91 Å². The van der Waals surface area contributed by atoms with Gasteiger partial charge in [-0.1, -0.05) is 231 Å². The van der Waals surface area contributed by atoms with Gasteiger partial charge in [0, 0.05) is 6.42 Å². The topological polar surface area (TPSA) is 105 Å². The zero-order valence-electron chi connectivity index (χ0n) is 47.3. The van der Waals surface area contributed by atoms with Crippen molar-refractivity contribution in [1.29, 1.82) is 0 Å². The molecule has 73 heavy (non-hydrogen) atoms. The van der Waals surface area contributed by atoms with Gasteiger partial charge in [-0.25, -0.2) is 4.57 Å². The second-order valence-corrected chi connectivity index (χ2v) is 21.7. The molecule has 0 aliphatic rings. The smallest absolute Gasteiger partial charge is 0.387 e. The molecule has 3 N–H and O–H groups in total. The predicted octanol–water partition coefficient (Wildman–Crippen LogP) is 17.9. The number of phosphoric ester groups is 1. The number of nitrogens with zero attached hydrogens (tertiary/aromatic N) is 1. The fourth-order valence-electron chi connectivity index (χ4n) is 7.56. The molecular formula is C64H110N2O6P+. The van der Waals surface area contributed by atoms with E-state index in [0.717, 1.165) is 109 Å². The van der Waals surface area contributed by atoms with Crippen molar-refractivity contribution in [2.75, 3.05) is 40.9 Å². The molecule has 0 saturated carbocycles. The highest BCUT2D eigenvalue weighted by Crippen LogP contribution is 2.43. The average molecular weight is 1030 g/mol. The summed E-state index contributed by atoms with van der Waals surface area (Å²) in [5.74, 6) is -0.221. The van der Waals surface area contributed by atoms with Gasteiger partial charge in [0.05, 0.1) is 39.9 Å². The predicted molar refractivity (Wildman–Crippen MR) is 318 cm³/mol. The van der Waals surface area contributed by atoms with E-state index < -0.39 is 20.0 Å². The molecule has 0 aliphatic heterocycles. The Morgan fingerprint density at radius 1 is 0.479 bits per heavy atom. The Balaban J connectivity index is 4.40. The first kappa shape index (κ1) is 69.6. The maximum atomic E-state index is 13.0. The van der Waals surface area contributed by atoms with E-state index in [-0.39, 0.29) is 19.1 Å². The fourth-order valence-corrected chi connectivity index (χ4v) is 8.29. The maximum absolute atomic E-state index is 13.0. The summed E-state index contributed by atoms with van der Waals surface area (Å²) in [5.41, 5.74) is 0. The van der Waals surface area contributed by atoms with Crippen molar-refractivity contribution >= 4 is 13.7 Å². The number of aliphatic hydroxyl groups excluding tert-OH is 1. The normalized spacial score (nSPS) is 14.9. The lowest BCUT2D eigenvalue weighted by atomic mass is 10.0. The van der Waals surface area contributed by atoms with Gasteiger partial charge in [-0.15, -0.1) is 0 Å². The zero-order chi connectivity index (χ0) is 53.5. The first-order valence-electron chi connectivity index (χ1n) is 29.1. The van der Waals surface area contributed by atoms with Crippen LogP contribution in [0, 0.1) is 0 Å². The summed E-state index contributed by atoms with van der Waals surface area (Å²) in [6.45, 7) is 4.64. The lowest BCUT2D eigenvalue weighted by molar-refractivity contribution is -0.870. The number of allylic oxidation sites excluding steroid dienone is 21. The van der Waals surface area contributed by atoms with Crippen LogP contribution in [0.1, 0.15) is 213 Å². The maximum Gasteiger partial charge on any atom is 0.472 e. The molecule has 0 bridgehead atoms. The number of hydrogen-bond donors (Lipinski definition) is 3. The van der Waals surface area contributed by atoms with Crippen LogP contribution in [-0.4, -0.2) is 73.4 Å².